The number of Topliss-reactive ketones (excluding diaryl/α,β-unsaturated/α-hetero) is 1. The standard InChI is InChI=1S/C23H27NO6S/c1-23(2,3)22(27)24-17-12-20(29-5)19(28-4)11-16(17)21(26)30-13-18(25)14-7-9-15(31-6)10-8-14/h7-12H,13H2,1-6H3,(H,24,27). The number of methoxy groups -OCH3 is 2. The fourth-order valence-electron chi connectivity index (χ4n) is 2.53. The topological polar surface area (TPSA) is 90.9 Å². The van der Waals surface area contributed by atoms with Crippen molar-refractivity contribution in [2.24, 2.45) is 5.41 Å². The summed E-state index contributed by atoms with van der Waals surface area (Å²) in [4.78, 5) is 38.7. The van der Waals surface area contributed by atoms with Gasteiger partial charge in [-0.2, -0.15) is 0 Å². The van der Waals surface area contributed by atoms with Crippen molar-refractivity contribution >= 4 is 35.1 Å². The predicted octanol–water partition coefficient (Wildman–Crippen LogP) is 4.45. The minimum Gasteiger partial charge on any atom is -0.493 e. The van der Waals surface area contributed by atoms with Crippen LogP contribution in [0.25, 0.3) is 0 Å². The Morgan fingerprint density at radius 3 is 2.06 bits per heavy atom. The molecule has 0 atom stereocenters. The average molecular weight is 446 g/mol. The molecule has 0 aromatic heterocycles. The zero-order valence-electron chi connectivity index (χ0n) is 18.5. The fourth-order valence-corrected chi connectivity index (χ4v) is 2.94. The second kappa shape index (κ2) is 10.3. The lowest BCUT2D eigenvalue weighted by Crippen LogP contribution is -2.28. The number of anilines is 1. The molecule has 1 amide bonds. The van der Waals surface area contributed by atoms with Gasteiger partial charge in [0.05, 0.1) is 25.5 Å². The normalized spacial score (nSPS) is 10.9. The Bertz CT molecular complexity index is 963. The minimum absolute atomic E-state index is 0.0563. The lowest BCUT2D eigenvalue weighted by atomic mass is 9.95. The molecule has 2 aromatic carbocycles. The van der Waals surface area contributed by atoms with E-state index >= 15 is 0 Å². The number of nitrogens with one attached hydrogen (secondary N) is 1. The number of carbonyl (C=O) groups is 3. The fraction of sp³-hybridized carbons (Fsp3) is 0.348. The van der Waals surface area contributed by atoms with Crippen LogP contribution < -0.4 is 14.8 Å². The number of hydrogen-bond acceptors (Lipinski definition) is 7. The van der Waals surface area contributed by atoms with Gasteiger partial charge in [0.15, 0.2) is 23.9 Å². The molecule has 166 valence electrons. The number of ketones is 1. The molecule has 2 aromatic rings. The van der Waals surface area contributed by atoms with Crippen LogP contribution in [0.15, 0.2) is 41.3 Å². The number of carbonyl (C=O) groups excluding carboxylic acids is 3. The largest absolute Gasteiger partial charge is 0.493 e. The zero-order chi connectivity index (χ0) is 23.2. The molecule has 0 heterocycles. The van der Waals surface area contributed by atoms with Crippen LogP contribution in [-0.2, 0) is 9.53 Å². The van der Waals surface area contributed by atoms with E-state index in [1.54, 1.807) is 44.7 Å². The molecule has 7 nitrogen and oxygen atoms in total. The van der Waals surface area contributed by atoms with Crippen molar-refractivity contribution in [2.75, 3.05) is 32.4 Å². The maximum atomic E-state index is 12.8. The first-order valence-corrected chi connectivity index (χ1v) is 10.7. The van der Waals surface area contributed by atoms with E-state index in [4.69, 9.17) is 14.2 Å². The van der Waals surface area contributed by atoms with Crippen LogP contribution in [0.4, 0.5) is 5.69 Å². The molecule has 0 saturated carbocycles. The number of amides is 1. The van der Waals surface area contributed by atoms with Gasteiger partial charge in [0.2, 0.25) is 5.91 Å². The Morgan fingerprint density at radius 2 is 1.55 bits per heavy atom. The van der Waals surface area contributed by atoms with Crippen molar-refractivity contribution in [1.82, 2.24) is 0 Å². The summed E-state index contributed by atoms with van der Waals surface area (Å²) >= 11 is 1.57. The summed E-state index contributed by atoms with van der Waals surface area (Å²) in [5, 5.41) is 2.73. The van der Waals surface area contributed by atoms with Crippen molar-refractivity contribution in [3.63, 3.8) is 0 Å². The number of thioether (sulfide) groups is 1. The SMILES string of the molecule is COc1cc(NC(=O)C(C)(C)C)c(C(=O)OCC(=O)c2ccc(SC)cc2)cc1OC. The minimum atomic E-state index is -0.765. The smallest absolute Gasteiger partial charge is 0.340 e. The van der Waals surface area contributed by atoms with Gasteiger partial charge in [-0.25, -0.2) is 4.79 Å². The Hall–Kier alpha value is -3.00. The van der Waals surface area contributed by atoms with Crippen LogP contribution in [0.5, 0.6) is 11.5 Å². The Balaban J connectivity index is 2.26. The van der Waals surface area contributed by atoms with Crippen LogP contribution in [0, 0.1) is 5.41 Å². The molecular weight excluding hydrogens is 418 g/mol. The van der Waals surface area contributed by atoms with Gasteiger partial charge in [0.25, 0.3) is 0 Å². The Labute approximate surface area is 186 Å². The second-order valence-electron chi connectivity index (χ2n) is 7.68. The Kier molecular flexibility index (Phi) is 8.10. The highest BCUT2D eigenvalue weighted by molar-refractivity contribution is 7.98. The van der Waals surface area contributed by atoms with E-state index in [2.05, 4.69) is 5.32 Å². The third-order valence-electron chi connectivity index (χ3n) is 4.42. The highest BCUT2D eigenvalue weighted by Gasteiger charge is 2.25. The lowest BCUT2D eigenvalue weighted by molar-refractivity contribution is -0.123. The third kappa shape index (κ3) is 6.24. The first-order valence-electron chi connectivity index (χ1n) is 9.52. The highest BCUT2D eigenvalue weighted by atomic mass is 32.2. The van der Waals surface area contributed by atoms with Crippen LogP contribution in [0.1, 0.15) is 41.5 Å². The van der Waals surface area contributed by atoms with Crippen molar-refractivity contribution in [2.45, 2.75) is 25.7 Å². The Morgan fingerprint density at radius 1 is 0.968 bits per heavy atom. The molecule has 31 heavy (non-hydrogen) atoms. The quantitative estimate of drug-likeness (QED) is 0.365. The van der Waals surface area contributed by atoms with E-state index in [0.29, 0.717) is 17.1 Å². The van der Waals surface area contributed by atoms with Gasteiger partial charge < -0.3 is 19.5 Å². The number of ether oxygens (including phenoxy) is 3. The van der Waals surface area contributed by atoms with Crippen molar-refractivity contribution in [1.29, 1.82) is 0 Å². The summed E-state index contributed by atoms with van der Waals surface area (Å²) in [5.41, 5.74) is 0.0204. The van der Waals surface area contributed by atoms with Gasteiger partial charge in [-0.1, -0.05) is 32.9 Å². The molecule has 2 rings (SSSR count). The van der Waals surface area contributed by atoms with E-state index in [1.165, 1.54) is 26.4 Å². The molecule has 0 aliphatic heterocycles. The molecule has 0 radical (unpaired) electrons. The maximum Gasteiger partial charge on any atom is 0.340 e. The first kappa shape index (κ1) is 24.3. The van der Waals surface area contributed by atoms with Gasteiger partial charge in [0.1, 0.15) is 0 Å². The number of rotatable bonds is 8. The molecule has 0 fully saturated rings. The van der Waals surface area contributed by atoms with Gasteiger partial charge in [-0.15, -0.1) is 11.8 Å². The summed E-state index contributed by atoms with van der Waals surface area (Å²) < 4.78 is 15.8. The second-order valence-corrected chi connectivity index (χ2v) is 8.56. The maximum absolute atomic E-state index is 12.8. The van der Waals surface area contributed by atoms with Crippen molar-refractivity contribution in [3.8, 4) is 11.5 Å². The molecule has 0 unspecified atom stereocenters. The average Bonchev–Trinajstić information content (AvgIpc) is 2.76. The summed E-state index contributed by atoms with van der Waals surface area (Å²) in [5.74, 6) is -0.754. The van der Waals surface area contributed by atoms with E-state index in [-0.39, 0.29) is 22.9 Å². The molecule has 0 aliphatic carbocycles. The van der Waals surface area contributed by atoms with Gasteiger partial charge in [-0.05, 0) is 18.4 Å². The van der Waals surface area contributed by atoms with Gasteiger partial charge in [0, 0.05) is 28.0 Å². The van der Waals surface area contributed by atoms with E-state index in [0.717, 1.165) is 4.90 Å². The van der Waals surface area contributed by atoms with Crippen LogP contribution in [0.2, 0.25) is 0 Å². The lowest BCUT2D eigenvalue weighted by Gasteiger charge is -2.20. The summed E-state index contributed by atoms with van der Waals surface area (Å²) in [6.07, 6.45) is 1.94. The number of benzene rings is 2. The van der Waals surface area contributed by atoms with E-state index in [1.807, 2.05) is 18.4 Å². The molecule has 8 heteroatoms. The molecular formula is C23H27NO6S. The summed E-state index contributed by atoms with van der Waals surface area (Å²) in [6.45, 7) is 4.82. The summed E-state index contributed by atoms with van der Waals surface area (Å²) in [7, 11) is 2.88. The monoisotopic (exact) mass is 445 g/mol. The number of hydrogen-bond donors (Lipinski definition) is 1. The highest BCUT2D eigenvalue weighted by Crippen LogP contribution is 2.34. The molecule has 0 bridgehead atoms. The zero-order valence-corrected chi connectivity index (χ0v) is 19.3. The van der Waals surface area contributed by atoms with Gasteiger partial charge >= 0.3 is 5.97 Å². The predicted molar refractivity (Wildman–Crippen MR) is 120 cm³/mol. The van der Waals surface area contributed by atoms with E-state index < -0.39 is 18.0 Å². The number of esters is 1. The van der Waals surface area contributed by atoms with Crippen molar-refractivity contribution < 1.29 is 28.6 Å². The van der Waals surface area contributed by atoms with Crippen LogP contribution in [-0.4, -0.2) is 44.7 Å². The van der Waals surface area contributed by atoms with Gasteiger partial charge in [-0.3, -0.25) is 9.59 Å². The third-order valence-corrected chi connectivity index (χ3v) is 5.16. The van der Waals surface area contributed by atoms with Crippen molar-refractivity contribution in [3.05, 3.63) is 47.5 Å². The van der Waals surface area contributed by atoms with Crippen LogP contribution >= 0.6 is 11.8 Å². The van der Waals surface area contributed by atoms with Crippen LogP contribution in [0.3, 0.4) is 0 Å². The summed E-state index contributed by atoms with van der Waals surface area (Å²) in [6, 6.07) is 9.93. The molecule has 0 aliphatic rings. The first-order chi connectivity index (χ1) is 14.6. The molecule has 1 N–H and O–H groups in total. The molecule has 0 spiro atoms. The molecule has 0 saturated heterocycles. The van der Waals surface area contributed by atoms with E-state index in [9.17, 15) is 14.4 Å².